The lowest BCUT2D eigenvalue weighted by Gasteiger charge is -2.26. The molecular weight excluding hydrogens is 260 g/mol. The van der Waals surface area contributed by atoms with Crippen LogP contribution in [0.4, 0.5) is 5.69 Å². The van der Waals surface area contributed by atoms with Gasteiger partial charge in [-0.05, 0) is 35.6 Å². The molecule has 2 rings (SSSR count). The van der Waals surface area contributed by atoms with Crippen molar-refractivity contribution >= 4 is 24.0 Å². The third-order valence-corrected chi connectivity index (χ3v) is 3.12. The lowest BCUT2D eigenvalue weighted by molar-refractivity contribution is 0.0745. The first kappa shape index (κ1) is 15.8. The molecule has 0 saturated carbocycles. The van der Waals surface area contributed by atoms with Crippen LogP contribution in [0.15, 0.2) is 18.2 Å². The maximum atomic E-state index is 12.3. The van der Waals surface area contributed by atoms with E-state index in [0.29, 0.717) is 0 Å². The normalized spacial score (nSPS) is 13.3. The van der Waals surface area contributed by atoms with E-state index in [4.69, 9.17) is 0 Å². The highest BCUT2D eigenvalue weighted by atomic mass is 35.5. The van der Waals surface area contributed by atoms with E-state index in [2.05, 4.69) is 26.1 Å². The second kappa shape index (κ2) is 5.83. The molecule has 1 aromatic rings. The largest absolute Gasteiger partial charge is 0.384 e. The maximum Gasteiger partial charge on any atom is 0.253 e. The Hall–Kier alpha value is -1.22. The monoisotopic (exact) mass is 282 g/mol. The van der Waals surface area contributed by atoms with Gasteiger partial charge in [-0.25, -0.2) is 0 Å². The molecule has 0 unspecified atom stereocenters. The van der Waals surface area contributed by atoms with Gasteiger partial charge in [-0.1, -0.05) is 20.8 Å². The maximum absolute atomic E-state index is 12.3. The summed E-state index contributed by atoms with van der Waals surface area (Å²) in [6.45, 7) is 8.17. The predicted molar refractivity (Wildman–Crippen MR) is 82.3 cm³/mol. The molecule has 0 saturated heterocycles. The van der Waals surface area contributed by atoms with E-state index < -0.39 is 0 Å². The van der Waals surface area contributed by atoms with Gasteiger partial charge in [0, 0.05) is 31.4 Å². The number of carbonyl (C=O) groups is 1. The Bertz CT molecular complexity index is 466. The number of hydrogen-bond acceptors (Lipinski definition) is 2. The van der Waals surface area contributed by atoms with Gasteiger partial charge in [0.15, 0.2) is 0 Å². The van der Waals surface area contributed by atoms with Gasteiger partial charge in [0.1, 0.15) is 0 Å². The molecule has 0 bridgehead atoms. The summed E-state index contributed by atoms with van der Waals surface area (Å²) in [6, 6.07) is 5.95. The smallest absolute Gasteiger partial charge is 0.253 e. The van der Waals surface area contributed by atoms with Crippen molar-refractivity contribution < 1.29 is 4.79 Å². The van der Waals surface area contributed by atoms with Crippen LogP contribution in [0.25, 0.3) is 0 Å². The first-order valence-corrected chi connectivity index (χ1v) is 6.49. The molecule has 3 nitrogen and oxygen atoms in total. The molecule has 106 valence electrons. The topological polar surface area (TPSA) is 32.3 Å². The number of nitrogens with one attached hydrogen (secondary N) is 1. The fourth-order valence-corrected chi connectivity index (χ4v) is 2.44. The van der Waals surface area contributed by atoms with Crippen LogP contribution >= 0.6 is 12.4 Å². The summed E-state index contributed by atoms with van der Waals surface area (Å²) in [5, 5.41) is 3.31. The minimum atomic E-state index is 0. The fraction of sp³-hybridized carbons (Fsp3) is 0.533. The number of amides is 1. The molecule has 0 aromatic heterocycles. The van der Waals surface area contributed by atoms with Gasteiger partial charge in [0.2, 0.25) is 0 Å². The summed E-state index contributed by atoms with van der Waals surface area (Å²) in [7, 11) is 1.87. The van der Waals surface area contributed by atoms with Crippen molar-refractivity contribution in [2.24, 2.45) is 5.41 Å². The second-order valence-corrected chi connectivity index (χ2v) is 6.27. The zero-order valence-corrected chi connectivity index (χ0v) is 12.9. The van der Waals surface area contributed by atoms with Crippen molar-refractivity contribution in [3.63, 3.8) is 0 Å². The molecule has 0 spiro atoms. The highest BCUT2D eigenvalue weighted by Gasteiger charge is 2.20. The van der Waals surface area contributed by atoms with Crippen LogP contribution in [-0.4, -0.2) is 30.9 Å². The number of hydrogen-bond donors (Lipinski definition) is 1. The van der Waals surface area contributed by atoms with Crippen LogP contribution < -0.4 is 5.32 Å². The van der Waals surface area contributed by atoms with E-state index in [9.17, 15) is 4.79 Å². The number of benzene rings is 1. The molecule has 1 heterocycles. The molecule has 0 radical (unpaired) electrons. The van der Waals surface area contributed by atoms with Crippen molar-refractivity contribution in [2.45, 2.75) is 27.2 Å². The molecular formula is C15H23ClN2O. The van der Waals surface area contributed by atoms with Crippen LogP contribution in [0.1, 0.15) is 36.7 Å². The summed E-state index contributed by atoms with van der Waals surface area (Å²) < 4.78 is 0. The van der Waals surface area contributed by atoms with Crippen molar-refractivity contribution in [1.29, 1.82) is 0 Å². The lowest BCUT2D eigenvalue weighted by atomic mass is 9.96. The van der Waals surface area contributed by atoms with Gasteiger partial charge in [-0.2, -0.15) is 0 Å². The molecule has 1 aromatic carbocycles. The second-order valence-electron chi connectivity index (χ2n) is 6.27. The van der Waals surface area contributed by atoms with Crippen molar-refractivity contribution in [1.82, 2.24) is 4.90 Å². The van der Waals surface area contributed by atoms with E-state index in [1.54, 1.807) is 0 Å². The van der Waals surface area contributed by atoms with Crippen molar-refractivity contribution in [2.75, 3.05) is 25.5 Å². The number of carbonyl (C=O) groups excluding carboxylic acids is 1. The lowest BCUT2D eigenvalue weighted by Crippen LogP contribution is -2.34. The molecule has 1 aliphatic rings. The fourth-order valence-electron chi connectivity index (χ4n) is 2.44. The van der Waals surface area contributed by atoms with Crippen LogP contribution in [0.2, 0.25) is 0 Å². The highest BCUT2D eigenvalue weighted by molar-refractivity contribution is 5.95. The Morgan fingerprint density at radius 1 is 1.37 bits per heavy atom. The van der Waals surface area contributed by atoms with Crippen molar-refractivity contribution in [3.8, 4) is 0 Å². The number of rotatable bonds is 2. The Labute approximate surface area is 121 Å². The molecule has 1 aliphatic heterocycles. The molecule has 1 N–H and O–H groups in total. The molecule has 0 fully saturated rings. The average molecular weight is 283 g/mol. The number of nitrogens with zero attached hydrogens (tertiary/aromatic N) is 1. The van der Waals surface area contributed by atoms with Gasteiger partial charge in [-0.3, -0.25) is 4.79 Å². The third kappa shape index (κ3) is 3.87. The molecule has 0 aliphatic carbocycles. The van der Waals surface area contributed by atoms with E-state index in [0.717, 1.165) is 25.1 Å². The first-order chi connectivity index (χ1) is 8.37. The SMILES string of the molecule is CN(CC(C)(C)C)C(=O)c1ccc2c(c1)CCN2.Cl. The summed E-state index contributed by atoms with van der Waals surface area (Å²) in [6.07, 6.45) is 1.01. The van der Waals surface area contributed by atoms with Gasteiger partial charge < -0.3 is 10.2 Å². The Morgan fingerprint density at radius 2 is 2.05 bits per heavy atom. The average Bonchev–Trinajstić information content (AvgIpc) is 2.72. The Morgan fingerprint density at radius 3 is 2.68 bits per heavy atom. The minimum absolute atomic E-state index is 0. The van der Waals surface area contributed by atoms with E-state index in [1.165, 1.54) is 11.3 Å². The van der Waals surface area contributed by atoms with Gasteiger partial charge in [-0.15, -0.1) is 12.4 Å². The number of fused-ring (bicyclic) bond motifs is 1. The van der Waals surface area contributed by atoms with E-state index in [1.807, 2.05) is 30.1 Å². The van der Waals surface area contributed by atoms with E-state index >= 15 is 0 Å². The van der Waals surface area contributed by atoms with E-state index in [-0.39, 0.29) is 23.7 Å². The number of halogens is 1. The minimum Gasteiger partial charge on any atom is -0.384 e. The summed E-state index contributed by atoms with van der Waals surface area (Å²) in [4.78, 5) is 14.1. The summed E-state index contributed by atoms with van der Waals surface area (Å²) in [5.74, 6) is 0.111. The Balaban J connectivity index is 0.00000180. The highest BCUT2D eigenvalue weighted by Crippen LogP contribution is 2.24. The van der Waals surface area contributed by atoms with Crippen LogP contribution in [0, 0.1) is 5.41 Å². The summed E-state index contributed by atoms with van der Waals surface area (Å²) >= 11 is 0. The predicted octanol–water partition coefficient (Wildman–Crippen LogP) is 3.19. The van der Waals surface area contributed by atoms with Crippen LogP contribution in [-0.2, 0) is 6.42 Å². The Kier molecular flexibility index (Phi) is 4.86. The quantitative estimate of drug-likeness (QED) is 0.903. The number of anilines is 1. The zero-order valence-electron chi connectivity index (χ0n) is 12.1. The van der Waals surface area contributed by atoms with Gasteiger partial charge in [0.05, 0.1) is 0 Å². The molecule has 19 heavy (non-hydrogen) atoms. The van der Waals surface area contributed by atoms with Crippen molar-refractivity contribution in [3.05, 3.63) is 29.3 Å². The zero-order chi connectivity index (χ0) is 13.3. The summed E-state index contributed by atoms with van der Waals surface area (Å²) in [5.41, 5.74) is 3.35. The third-order valence-electron chi connectivity index (χ3n) is 3.12. The van der Waals surface area contributed by atoms with Gasteiger partial charge >= 0.3 is 0 Å². The standard InChI is InChI=1S/C15H22N2O.ClH/c1-15(2,3)10-17(4)14(18)12-5-6-13-11(9-12)7-8-16-13;/h5-6,9,16H,7-8,10H2,1-4H3;1H. The van der Waals surface area contributed by atoms with Crippen LogP contribution in [0.3, 0.4) is 0 Å². The molecule has 0 atom stereocenters. The first-order valence-electron chi connectivity index (χ1n) is 6.49. The van der Waals surface area contributed by atoms with Crippen LogP contribution in [0.5, 0.6) is 0 Å². The van der Waals surface area contributed by atoms with Gasteiger partial charge in [0.25, 0.3) is 5.91 Å². The molecule has 4 heteroatoms. The molecule has 1 amide bonds.